The average Bonchev–Trinajstić information content (AvgIpc) is 3.25. The molecule has 4 rings (SSSR count). The van der Waals surface area contributed by atoms with Gasteiger partial charge in [0.15, 0.2) is 5.79 Å². The zero-order chi connectivity index (χ0) is 20.8. The van der Waals surface area contributed by atoms with Crippen molar-refractivity contribution in [2.24, 2.45) is 5.92 Å². The molecular weight excluding hydrogens is 400 g/mol. The van der Waals surface area contributed by atoms with Crippen LogP contribution in [0.1, 0.15) is 55.3 Å². The van der Waals surface area contributed by atoms with E-state index in [0.717, 1.165) is 11.4 Å². The van der Waals surface area contributed by atoms with Crippen LogP contribution in [-0.2, 0) is 14.3 Å². The third-order valence-corrected chi connectivity index (χ3v) is 7.49. The zero-order valence-electron chi connectivity index (χ0n) is 17.6. The Morgan fingerprint density at radius 1 is 1.07 bits per heavy atom. The van der Waals surface area contributed by atoms with Crippen LogP contribution in [-0.4, -0.2) is 61.1 Å². The second-order valence-electron chi connectivity index (χ2n) is 8.49. The highest BCUT2D eigenvalue weighted by Crippen LogP contribution is 2.32. The molecule has 0 radical (unpaired) electrons. The minimum Gasteiger partial charge on any atom is -0.355 e. The number of rotatable bonds is 6. The largest absolute Gasteiger partial charge is 0.355 e. The van der Waals surface area contributed by atoms with Gasteiger partial charge in [-0.3, -0.25) is 9.59 Å². The number of likely N-dealkylation sites (tertiary alicyclic amines) is 1. The van der Waals surface area contributed by atoms with E-state index in [1.54, 1.807) is 0 Å². The van der Waals surface area contributed by atoms with E-state index in [1.807, 2.05) is 29.2 Å². The Hall–Kier alpha value is -1.57. The molecule has 2 aliphatic heterocycles. The number of hydrogen-bond donors (Lipinski definition) is 1. The van der Waals surface area contributed by atoms with E-state index in [1.165, 1.54) is 43.9 Å². The van der Waals surface area contributed by atoms with Crippen molar-refractivity contribution in [2.45, 2.75) is 55.6 Å². The maximum atomic E-state index is 13.1. The van der Waals surface area contributed by atoms with Gasteiger partial charge in [-0.25, -0.2) is 0 Å². The van der Waals surface area contributed by atoms with Crippen LogP contribution in [0, 0.1) is 5.92 Å². The Bertz CT molecular complexity index is 734. The van der Waals surface area contributed by atoms with E-state index < -0.39 is 5.79 Å². The van der Waals surface area contributed by atoms with E-state index in [-0.39, 0.29) is 11.8 Å². The van der Waals surface area contributed by atoms with Crippen molar-refractivity contribution < 1.29 is 19.1 Å². The Balaban J connectivity index is 1.28. The van der Waals surface area contributed by atoms with Crippen molar-refractivity contribution in [1.29, 1.82) is 0 Å². The topological polar surface area (TPSA) is 67.9 Å². The van der Waals surface area contributed by atoms with Crippen molar-refractivity contribution in [3.63, 3.8) is 0 Å². The van der Waals surface area contributed by atoms with E-state index in [2.05, 4.69) is 5.32 Å². The Labute approximate surface area is 183 Å². The highest BCUT2D eigenvalue weighted by atomic mass is 32.2. The SMILES string of the molecule is O=C(CSc1ccccc1C(=O)N1CCC2(CC1)OCCO2)NCC1CCCCC1. The molecule has 7 heteroatoms. The minimum atomic E-state index is -0.485. The summed E-state index contributed by atoms with van der Waals surface area (Å²) in [5.41, 5.74) is 0.673. The van der Waals surface area contributed by atoms with Gasteiger partial charge in [-0.05, 0) is 30.9 Å². The Morgan fingerprint density at radius 2 is 1.77 bits per heavy atom. The quantitative estimate of drug-likeness (QED) is 0.698. The smallest absolute Gasteiger partial charge is 0.254 e. The molecule has 1 aromatic carbocycles. The van der Waals surface area contributed by atoms with Gasteiger partial charge in [0.05, 0.1) is 24.5 Å². The summed E-state index contributed by atoms with van der Waals surface area (Å²) in [6.45, 7) is 3.30. The van der Waals surface area contributed by atoms with E-state index in [0.29, 0.717) is 56.4 Å². The molecule has 2 saturated heterocycles. The molecule has 0 atom stereocenters. The lowest BCUT2D eigenvalue weighted by Crippen LogP contribution is -2.47. The normalized spacial score (nSPS) is 21.7. The van der Waals surface area contributed by atoms with Gasteiger partial charge >= 0.3 is 0 Å². The van der Waals surface area contributed by atoms with Gasteiger partial charge in [-0.15, -0.1) is 11.8 Å². The van der Waals surface area contributed by atoms with Crippen LogP contribution in [0.4, 0.5) is 0 Å². The molecule has 1 aromatic rings. The van der Waals surface area contributed by atoms with Crippen molar-refractivity contribution in [3.8, 4) is 0 Å². The van der Waals surface area contributed by atoms with Gasteiger partial charge in [0.1, 0.15) is 0 Å². The lowest BCUT2D eigenvalue weighted by Gasteiger charge is -2.37. The van der Waals surface area contributed by atoms with Crippen molar-refractivity contribution in [2.75, 3.05) is 38.6 Å². The Kier molecular flexibility index (Phi) is 7.33. The first-order valence-corrected chi connectivity index (χ1v) is 12.2. The predicted molar refractivity (Wildman–Crippen MR) is 117 cm³/mol. The van der Waals surface area contributed by atoms with Crippen LogP contribution < -0.4 is 5.32 Å². The van der Waals surface area contributed by atoms with Crippen LogP contribution in [0.15, 0.2) is 29.2 Å². The number of carbonyl (C=O) groups excluding carboxylic acids is 2. The van der Waals surface area contributed by atoms with Gasteiger partial charge in [0.25, 0.3) is 5.91 Å². The number of nitrogens with one attached hydrogen (secondary N) is 1. The van der Waals surface area contributed by atoms with Crippen LogP contribution in [0.5, 0.6) is 0 Å². The minimum absolute atomic E-state index is 0.0218. The van der Waals surface area contributed by atoms with Crippen LogP contribution >= 0.6 is 11.8 Å². The Morgan fingerprint density at radius 3 is 2.50 bits per heavy atom. The summed E-state index contributed by atoms with van der Waals surface area (Å²) in [6, 6.07) is 7.60. The van der Waals surface area contributed by atoms with Gasteiger partial charge in [0, 0.05) is 37.4 Å². The number of amides is 2. The third kappa shape index (κ3) is 5.37. The average molecular weight is 433 g/mol. The van der Waals surface area contributed by atoms with Crippen molar-refractivity contribution in [3.05, 3.63) is 29.8 Å². The molecule has 2 amide bonds. The maximum Gasteiger partial charge on any atom is 0.254 e. The summed E-state index contributed by atoms with van der Waals surface area (Å²) in [7, 11) is 0. The highest BCUT2D eigenvalue weighted by molar-refractivity contribution is 8.00. The first-order valence-electron chi connectivity index (χ1n) is 11.2. The van der Waals surface area contributed by atoms with Crippen LogP contribution in [0.3, 0.4) is 0 Å². The number of benzene rings is 1. The monoisotopic (exact) mass is 432 g/mol. The molecule has 0 bridgehead atoms. The number of ether oxygens (including phenoxy) is 2. The summed E-state index contributed by atoms with van der Waals surface area (Å²) in [4.78, 5) is 28.2. The fourth-order valence-corrected chi connectivity index (χ4v) is 5.49. The first-order chi connectivity index (χ1) is 14.7. The number of piperidine rings is 1. The lowest BCUT2D eigenvalue weighted by atomic mass is 9.89. The fraction of sp³-hybridized carbons (Fsp3) is 0.652. The summed E-state index contributed by atoms with van der Waals surface area (Å²) in [5.74, 6) is 0.539. The van der Waals surface area contributed by atoms with Crippen molar-refractivity contribution >= 4 is 23.6 Å². The molecule has 6 nitrogen and oxygen atoms in total. The van der Waals surface area contributed by atoms with Gasteiger partial charge in [-0.1, -0.05) is 31.4 Å². The molecule has 0 aromatic heterocycles. The van der Waals surface area contributed by atoms with Gasteiger partial charge in [0.2, 0.25) is 5.91 Å². The highest BCUT2D eigenvalue weighted by Gasteiger charge is 2.41. The van der Waals surface area contributed by atoms with Gasteiger partial charge < -0.3 is 19.7 Å². The predicted octanol–water partition coefficient (Wildman–Crippen LogP) is 3.45. The van der Waals surface area contributed by atoms with Gasteiger partial charge in [-0.2, -0.15) is 0 Å². The number of carbonyl (C=O) groups is 2. The van der Waals surface area contributed by atoms with E-state index in [9.17, 15) is 9.59 Å². The number of hydrogen-bond acceptors (Lipinski definition) is 5. The zero-order valence-corrected chi connectivity index (χ0v) is 18.4. The summed E-state index contributed by atoms with van der Waals surface area (Å²) < 4.78 is 11.5. The van der Waals surface area contributed by atoms with Crippen LogP contribution in [0.25, 0.3) is 0 Å². The maximum absolute atomic E-state index is 13.1. The summed E-state index contributed by atoms with van der Waals surface area (Å²) >= 11 is 1.44. The third-order valence-electron chi connectivity index (χ3n) is 6.41. The molecule has 2 heterocycles. The molecule has 1 N–H and O–H groups in total. The first kappa shape index (κ1) is 21.7. The van der Waals surface area contributed by atoms with Crippen molar-refractivity contribution in [1.82, 2.24) is 10.2 Å². The molecular formula is C23H32N2O4S. The molecule has 0 unspecified atom stereocenters. The molecule has 1 aliphatic carbocycles. The molecule has 164 valence electrons. The molecule has 1 spiro atoms. The number of thioether (sulfide) groups is 1. The lowest BCUT2D eigenvalue weighted by molar-refractivity contribution is -0.181. The summed E-state index contributed by atoms with van der Waals surface area (Å²) in [5, 5.41) is 3.08. The molecule has 1 saturated carbocycles. The van der Waals surface area contributed by atoms with Crippen LogP contribution in [0.2, 0.25) is 0 Å². The van der Waals surface area contributed by atoms with E-state index in [4.69, 9.17) is 9.47 Å². The second kappa shape index (κ2) is 10.2. The molecule has 3 aliphatic rings. The molecule has 3 fully saturated rings. The second-order valence-corrected chi connectivity index (χ2v) is 9.51. The molecule has 30 heavy (non-hydrogen) atoms. The fourth-order valence-electron chi connectivity index (χ4n) is 4.62. The van der Waals surface area contributed by atoms with E-state index >= 15 is 0 Å². The number of nitrogens with zero attached hydrogens (tertiary/aromatic N) is 1. The summed E-state index contributed by atoms with van der Waals surface area (Å²) in [6.07, 6.45) is 7.73. The standard InChI is InChI=1S/C23H32N2O4S/c26-21(24-16-18-6-2-1-3-7-18)17-30-20-9-5-4-8-19(20)22(27)25-12-10-23(11-13-25)28-14-15-29-23/h4-5,8-9,18H,1-3,6-7,10-17H2,(H,24,26).